The third-order valence-electron chi connectivity index (χ3n) is 2.37. The van der Waals surface area contributed by atoms with Crippen LogP contribution in [0.3, 0.4) is 0 Å². The number of aromatic nitrogens is 2. The average Bonchev–Trinajstić information content (AvgIpc) is 2.40. The lowest BCUT2D eigenvalue weighted by Crippen LogP contribution is -2.00. The van der Waals surface area contributed by atoms with Gasteiger partial charge in [-0.1, -0.05) is 12.1 Å². The van der Waals surface area contributed by atoms with E-state index in [1.807, 2.05) is 18.2 Å². The Morgan fingerprint density at radius 1 is 1.22 bits per heavy atom. The first-order valence-electron chi connectivity index (χ1n) is 5.72. The van der Waals surface area contributed by atoms with Crippen molar-refractivity contribution in [3.05, 3.63) is 46.7 Å². The van der Waals surface area contributed by atoms with Gasteiger partial charge >= 0.3 is 6.01 Å². The fourth-order valence-electron chi connectivity index (χ4n) is 1.53. The molecule has 1 aromatic heterocycles. The molecule has 1 heterocycles. The Morgan fingerprint density at radius 2 is 2.00 bits per heavy atom. The van der Waals surface area contributed by atoms with Gasteiger partial charge in [0.2, 0.25) is 0 Å². The van der Waals surface area contributed by atoms with Gasteiger partial charge in [-0.25, -0.2) is 9.97 Å². The molecule has 5 heteroatoms. The summed E-state index contributed by atoms with van der Waals surface area (Å²) in [5.41, 5.74) is 6.70. The third kappa shape index (κ3) is 3.78. The molecule has 0 aliphatic rings. The molecule has 2 N–H and O–H groups in total. The van der Waals surface area contributed by atoms with Crippen LogP contribution in [0.4, 0.5) is 0 Å². The van der Waals surface area contributed by atoms with Crippen molar-refractivity contribution >= 4 is 15.9 Å². The maximum atomic E-state index is 5.58. The van der Waals surface area contributed by atoms with Crippen LogP contribution in [0.2, 0.25) is 0 Å². The highest BCUT2D eigenvalue weighted by atomic mass is 79.9. The second-order valence-corrected chi connectivity index (χ2v) is 4.74. The first-order chi connectivity index (χ1) is 8.78. The summed E-state index contributed by atoms with van der Waals surface area (Å²) >= 11 is 3.28. The quantitative estimate of drug-likeness (QED) is 0.922. The minimum Gasteiger partial charge on any atom is -0.424 e. The smallest absolute Gasteiger partial charge is 0.321 e. The van der Waals surface area contributed by atoms with E-state index in [0.29, 0.717) is 12.6 Å². The van der Waals surface area contributed by atoms with Gasteiger partial charge in [-0.05, 0) is 53.0 Å². The van der Waals surface area contributed by atoms with E-state index in [1.165, 1.54) is 5.56 Å². The minimum absolute atomic E-state index is 0.342. The van der Waals surface area contributed by atoms with E-state index < -0.39 is 0 Å². The lowest BCUT2D eigenvalue weighted by Gasteiger charge is -2.05. The van der Waals surface area contributed by atoms with Gasteiger partial charge < -0.3 is 10.5 Å². The molecule has 0 fully saturated rings. The molecule has 4 nitrogen and oxygen atoms in total. The topological polar surface area (TPSA) is 61.0 Å². The number of aryl methyl sites for hydroxylation is 1. The lowest BCUT2D eigenvalue weighted by atomic mass is 10.1. The van der Waals surface area contributed by atoms with Crippen molar-refractivity contribution in [3.8, 4) is 11.8 Å². The number of hydrogen-bond acceptors (Lipinski definition) is 4. The zero-order valence-electron chi connectivity index (χ0n) is 9.84. The first kappa shape index (κ1) is 13.0. The summed E-state index contributed by atoms with van der Waals surface area (Å²) in [7, 11) is 0. The SMILES string of the molecule is NCCCc1cccc(Oc2ncc(Br)cn2)c1. The number of nitrogens with two attached hydrogens (primary N) is 1. The van der Waals surface area contributed by atoms with Crippen LogP contribution in [-0.4, -0.2) is 16.5 Å². The van der Waals surface area contributed by atoms with E-state index in [1.54, 1.807) is 12.4 Å². The largest absolute Gasteiger partial charge is 0.424 e. The minimum atomic E-state index is 0.342. The number of rotatable bonds is 5. The number of ether oxygens (including phenoxy) is 1. The van der Waals surface area contributed by atoms with Gasteiger partial charge in [0.25, 0.3) is 0 Å². The molecule has 18 heavy (non-hydrogen) atoms. The molecule has 0 unspecified atom stereocenters. The second kappa shape index (κ2) is 6.47. The first-order valence-corrected chi connectivity index (χ1v) is 6.51. The van der Waals surface area contributed by atoms with Crippen LogP contribution in [0.1, 0.15) is 12.0 Å². The maximum absolute atomic E-state index is 5.58. The highest BCUT2D eigenvalue weighted by Gasteiger charge is 2.01. The lowest BCUT2D eigenvalue weighted by molar-refractivity contribution is 0.441. The van der Waals surface area contributed by atoms with Crippen molar-refractivity contribution in [2.75, 3.05) is 6.54 Å². The van der Waals surface area contributed by atoms with Crippen LogP contribution in [0.25, 0.3) is 0 Å². The van der Waals surface area contributed by atoms with Crippen molar-refractivity contribution in [1.82, 2.24) is 9.97 Å². The summed E-state index contributed by atoms with van der Waals surface area (Å²) in [6.07, 6.45) is 5.23. The summed E-state index contributed by atoms with van der Waals surface area (Å²) in [4.78, 5) is 8.13. The molecule has 0 aliphatic carbocycles. The van der Waals surface area contributed by atoms with Gasteiger partial charge in [-0.3, -0.25) is 0 Å². The molecule has 0 aliphatic heterocycles. The number of halogens is 1. The summed E-state index contributed by atoms with van der Waals surface area (Å²) in [6.45, 7) is 0.695. The van der Waals surface area contributed by atoms with Crippen LogP contribution < -0.4 is 10.5 Å². The molecule has 0 amide bonds. The van der Waals surface area contributed by atoms with Gasteiger partial charge in [-0.2, -0.15) is 0 Å². The standard InChI is InChI=1S/C13H14BrN3O/c14-11-8-16-13(17-9-11)18-12-5-1-3-10(7-12)4-2-6-15/h1,3,5,7-9H,2,4,6,15H2. The van der Waals surface area contributed by atoms with E-state index >= 15 is 0 Å². The molecule has 0 saturated carbocycles. The van der Waals surface area contributed by atoms with Gasteiger partial charge in [-0.15, -0.1) is 0 Å². The Balaban J connectivity index is 2.06. The van der Waals surface area contributed by atoms with Gasteiger partial charge in [0.1, 0.15) is 5.75 Å². The molecular weight excluding hydrogens is 294 g/mol. The third-order valence-corrected chi connectivity index (χ3v) is 2.78. The van der Waals surface area contributed by atoms with Gasteiger partial charge in [0, 0.05) is 12.4 Å². The predicted molar refractivity (Wildman–Crippen MR) is 73.6 cm³/mol. The van der Waals surface area contributed by atoms with Gasteiger partial charge in [0.15, 0.2) is 0 Å². The Labute approximate surface area is 114 Å². The van der Waals surface area contributed by atoms with E-state index in [-0.39, 0.29) is 0 Å². The molecule has 0 saturated heterocycles. The van der Waals surface area contributed by atoms with Crippen molar-refractivity contribution in [3.63, 3.8) is 0 Å². The Hall–Kier alpha value is -1.46. The molecule has 0 bridgehead atoms. The highest BCUT2D eigenvalue weighted by molar-refractivity contribution is 9.10. The fraction of sp³-hybridized carbons (Fsp3) is 0.231. The highest BCUT2D eigenvalue weighted by Crippen LogP contribution is 2.20. The Bertz CT molecular complexity index is 502. The maximum Gasteiger partial charge on any atom is 0.321 e. The summed E-state index contributed by atoms with van der Waals surface area (Å²) in [5.74, 6) is 0.742. The van der Waals surface area contributed by atoms with Crippen molar-refractivity contribution in [2.45, 2.75) is 12.8 Å². The average molecular weight is 308 g/mol. The zero-order chi connectivity index (χ0) is 12.8. The number of hydrogen-bond donors (Lipinski definition) is 1. The molecule has 94 valence electrons. The van der Waals surface area contributed by atoms with E-state index in [9.17, 15) is 0 Å². The van der Waals surface area contributed by atoms with Crippen LogP contribution in [0.15, 0.2) is 41.1 Å². The fourth-order valence-corrected chi connectivity index (χ4v) is 1.73. The molecule has 2 aromatic rings. The van der Waals surface area contributed by atoms with Crippen LogP contribution in [-0.2, 0) is 6.42 Å². The van der Waals surface area contributed by atoms with Gasteiger partial charge in [0.05, 0.1) is 4.47 Å². The second-order valence-electron chi connectivity index (χ2n) is 3.83. The molecule has 2 rings (SSSR count). The summed E-state index contributed by atoms with van der Waals surface area (Å²) in [5, 5.41) is 0. The van der Waals surface area contributed by atoms with Crippen LogP contribution in [0.5, 0.6) is 11.8 Å². The van der Waals surface area contributed by atoms with Crippen molar-refractivity contribution < 1.29 is 4.74 Å². The van der Waals surface area contributed by atoms with E-state index in [0.717, 1.165) is 23.1 Å². The van der Waals surface area contributed by atoms with Crippen LogP contribution in [0, 0.1) is 0 Å². The normalized spacial score (nSPS) is 10.3. The van der Waals surface area contributed by atoms with E-state index in [4.69, 9.17) is 10.5 Å². The molecule has 0 radical (unpaired) electrons. The van der Waals surface area contributed by atoms with Crippen molar-refractivity contribution in [2.24, 2.45) is 5.73 Å². The molecular formula is C13H14BrN3O. The van der Waals surface area contributed by atoms with Crippen molar-refractivity contribution in [1.29, 1.82) is 0 Å². The predicted octanol–water partition coefficient (Wildman–Crippen LogP) is 2.92. The molecule has 1 aromatic carbocycles. The number of benzene rings is 1. The molecule has 0 atom stereocenters. The summed E-state index contributed by atoms with van der Waals surface area (Å²) < 4.78 is 6.41. The molecule has 0 spiro atoms. The Kier molecular flexibility index (Phi) is 4.66. The summed E-state index contributed by atoms with van der Waals surface area (Å²) in [6, 6.07) is 8.23. The Morgan fingerprint density at radius 3 is 2.72 bits per heavy atom. The monoisotopic (exact) mass is 307 g/mol. The van der Waals surface area contributed by atoms with E-state index in [2.05, 4.69) is 32.0 Å². The zero-order valence-corrected chi connectivity index (χ0v) is 11.4. The number of nitrogens with zero attached hydrogens (tertiary/aromatic N) is 2. The van der Waals surface area contributed by atoms with Crippen LogP contribution >= 0.6 is 15.9 Å².